The molecule has 12 nitrogen and oxygen atoms in total. The zero-order chi connectivity index (χ0) is 9.62. The average Bonchev–Trinajstić information content (AvgIpc) is 1.44. The van der Waals surface area contributed by atoms with E-state index >= 15 is 0 Å². The number of quaternary nitrogens is 3. The molecule has 0 amide bonds. The van der Waals surface area contributed by atoms with Gasteiger partial charge in [-0.25, -0.2) is 0 Å². The topological polar surface area (TPSA) is 254 Å². The molecule has 12 N–H and O–H groups in total. The lowest BCUT2D eigenvalue weighted by Gasteiger charge is -2.46. The van der Waals surface area contributed by atoms with Gasteiger partial charge in [-0.05, 0) is 0 Å². The summed E-state index contributed by atoms with van der Waals surface area (Å²) >= 11 is 0. The Morgan fingerprint density at radius 3 is 0.733 bits per heavy atom. The molecule has 1 fully saturated rings. The van der Waals surface area contributed by atoms with Gasteiger partial charge in [0.2, 0.25) is 0 Å². The fourth-order valence-corrected chi connectivity index (χ4v) is 4.32. The second-order valence-electron chi connectivity index (χ2n) is 1.57. The van der Waals surface area contributed by atoms with E-state index in [9.17, 15) is 25.3 Å². The second-order valence-corrected chi connectivity index (χ2v) is 6.04. The van der Waals surface area contributed by atoms with Gasteiger partial charge in [-0.3, -0.25) is 25.3 Å². The zero-order valence-corrected chi connectivity index (χ0v) is 10.5. The molecule has 15 heavy (non-hydrogen) atoms. The first-order chi connectivity index (χ1) is 5.12. The molecule has 96 valence electrons. The van der Waals surface area contributed by atoms with E-state index in [0.29, 0.717) is 0 Å². The van der Waals surface area contributed by atoms with Crippen molar-refractivity contribution >= 4 is 30.6 Å². The van der Waals surface area contributed by atoms with E-state index in [2.05, 4.69) is 12.4 Å². The summed E-state index contributed by atoms with van der Waals surface area (Å²) in [7, 11) is -14.5. The maximum atomic E-state index is 10.3. The predicted molar refractivity (Wildman–Crippen MR) is 54.8 cm³/mol. The fraction of sp³-hybridized carbons (Fsp3) is 0. The van der Waals surface area contributed by atoms with Gasteiger partial charge < -0.3 is 30.8 Å². The van der Waals surface area contributed by atoms with Crippen LogP contribution in [0.1, 0.15) is 0 Å². The number of hydrogen-bond donors (Lipinski definition) is 3. The Kier molecular flexibility index (Phi) is 6.82. The molecule has 1 rings (SSSR count). The van der Waals surface area contributed by atoms with Crippen LogP contribution >= 0.6 is 0 Å². The first kappa shape index (κ1) is 20.1. The molecule has 0 aliphatic carbocycles. The van der Waals surface area contributed by atoms with Crippen LogP contribution < -0.4 is 18.5 Å². The van der Waals surface area contributed by atoms with Crippen molar-refractivity contribution in [3.63, 3.8) is 0 Å². The van der Waals surface area contributed by atoms with Crippen LogP contribution in [0.15, 0.2) is 0 Å². The summed E-state index contributed by atoms with van der Waals surface area (Å²) in [6.07, 6.45) is 0. The van der Waals surface area contributed by atoms with E-state index in [0.717, 1.165) is 0 Å². The fourth-order valence-electron chi connectivity index (χ4n) is 0.398. The predicted octanol–water partition coefficient (Wildman–Crippen LogP) is -0.0159. The minimum atomic E-state index is -4.82. The van der Waals surface area contributed by atoms with Crippen LogP contribution in [0, 0.1) is 0 Å². The van der Waals surface area contributed by atoms with E-state index in [1.165, 1.54) is 0 Å². The minimum absolute atomic E-state index is 0. The van der Waals surface area contributed by atoms with Gasteiger partial charge in [-0.2, -0.15) is 0 Å². The molecule has 0 atom stereocenters. The average molecular weight is 288 g/mol. The van der Waals surface area contributed by atoms with Gasteiger partial charge in [0.15, 0.2) is 0 Å². The molecule has 1 heterocycles. The molecule has 1 saturated heterocycles. The van der Waals surface area contributed by atoms with Gasteiger partial charge in [-0.1, -0.05) is 0 Å². The molecule has 15 heteroatoms. The summed E-state index contributed by atoms with van der Waals surface area (Å²) < 4.78 is 68.2. The van der Waals surface area contributed by atoms with E-state index in [1.807, 2.05) is 0 Å². The van der Waals surface area contributed by atoms with Crippen LogP contribution in [-0.4, -0.2) is 25.3 Å². The molecule has 0 radical (unpaired) electrons. The molecular formula is H12N6O6S3. The molecule has 1 aliphatic heterocycles. The van der Waals surface area contributed by atoms with E-state index < -0.39 is 30.6 Å². The number of rotatable bonds is 0. The summed E-state index contributed by atoms with van der Waals surface area (Å²) in [6.45, 7) is 0. The van der Waals surface area contributed by atoms with E-state index in [1.54, 1.807) is 0 Å². The van der Waals surface area contributed by atoms with Crippen molar-refractivity contribution in [3.8, 4) is 0 Å². The molecular weight excluding hydrogens is 276 g/mol. The molecule has 0 aromatic carbocycles. The van der Waals surface area contributed by atoms with Crippen LogP contribution in [0.5, 0.6) is 0 Å². The van der Waals surface area contributed by atoms with Crippen molar-refractivity contribution in [2.24, 2.45) is 0 Å². The van der Waals surface area contributed by atoms with Crippen molar-refractivity contribution in [2.75, 3.05) is 0 Å². The summed E-state index contributed by atoms with van der Waals surface area (Å²) in [5, 5.41) is 0. The largest absolute Gasteiger partial charge is 0.470 e. The van der Waals surface area contributed by atoms with Gasteiger partial charge in [-0.15, -0.1) is 0 Å². The van der Waals surface area contributed by atoms with Crippen LogP contribution in [0.4, 0.5) is 0 Å². The van der Waals surface area contributed by atoms with E-state index in [4.69, 9.17) is 0 Å². The van der Waals surface area contributed by atoms with E-state index in [-0.39, 0.29) is 18.5 Å². The molecule has 0 unspecified atom stereocenters. The Morgan fingerprint density at radius 1 is 0.467 bits per heavy atom. The maximum absolute atomic E-state index is 10.3. The highest BCUT2D eigenvalue weighted by molar-refractivity contribution is 8.31. The maximum Gasteiger partial charge on any atom is 0.00630 e. The normalized spacial score (nSPS) is 24.8. The molecule has 0 aromatic heterocycles. The minimum Gasteiger partial charge on any atom is -0.470 e. The number of hydrogen-bond acceptors (Lipinski definition) is 6. The smallest absolute Gasteiger partial charge is 0.00630 e. The van der Waals surface area contributed by atoms with Gasteiger partial charge in [0, 0.05) is 30.6 Å². The molecule has 0 spiro atoms. The summed E-state index contributed by atoms with van der Waals surface area (Å²) in [6, 6.07) is 0. The van der Waals surface area contributed by atoms with Gasteiger partial charge in [0.05, 0.1) is 0 Å². The molecule has 0 bridgehead atoms. The third-order valence-electron chi connectivity index (χ3n) is 0.565. The van der Waals surface area contributed by atoms with Crippen LogP contribution in [0.2, 0.25) is 0 Å². The third-order valence-corrected chi connectivity index (χ3v) is 5.09. The SMILES string of the molecule is O=S1(=O)[N-]S(=O)(=O)[N-]S(=O)(=O)[N-]1.[NH4+].[NH4+].[NH4+]. The monoisotopic (exact) mass is 288 g/mol. The highest BCUT2D eigenvalue weighted by atomic mass is 32.3. The zero-order valence-electron chi connectivity index (χ0n) is 8.02. The standard InChI is InChI=1S/N3O6S3.3H3N/c4-10(5)1-11(6,7)3-12(8,9)2-10;;;/h;3*1H3/q-3;;;/p+3. The van der Waals surface area contributed by atoms with Crippen LogP contribution in [0.3, 0.4) is 0 Å². The Morgan fingerprint density at radius 2 is 0.600 bits per heavy atom. The molecule has 1 aliphatic rings. The first-order valence-corrected chi connectivity index (χ1v) is 6.29. The summed E-state index contributed by atoms with van der Waals surface area (Å²) in [5.41, 5.74) is 0. The molecule has 0 saturated carbocycles. The van der Waals surface area contributed by atoms with Crippen LogP contribution in [-0.2, 0) is 30.6 Å². The molecule has 0 aromatic rings. The summed E-state index contributed by atoms with van der Waals surface area (Å²) in [4.78, 5) is 0. The lowest BCUT2D eigenvalue weighted by molar-refractivity contribution is 0.595. The highest BCUT2D eigenvalue weighted by Gasteiger charge is 2.04. The van der Waals surface area contributed by atoms with Gasteiger partial charge >= 0.3 is 0 Å². The van der Waals surface area contributed by atoms with Crippen molar-refractivity contribution in [1.29, 1.82) is 0 Å². The van der Waals surface area contributed by atoms with Crippen molar-refractivity contribution in [1.82, 2.24) is 18.5 Å². The van der Waals surface area contributed by atoms with Crippen molar-refractivity contribution < 1.29 is 25.3 Å². The van der Waals surface area contributed by atoms with Gasteiger partial charge in [0.25, 0.3) is 0 Å². The Bertz CT molecular complexity index is 381. The lowest BCUT2D eigenvalue weighted by atomic mass is 13.8. The van der Waals surface area contributed by atoms with Crippen molar-refractivity contribution in [3.05, 3.63) is 12.4 Å². The Balaban J connectivity index is -0.000000480. The third kappa shape index (κ3) is 5.92. The Labute approximate surface area is 87.1 Å². The first-order valence-electron chi connectivity index (χ1n) is 2.10. The second kappa shape index (κ2) is 5.09. The van der Waals surface area contributed by atoms with Crippen molar-refractivity contribution in [2.45, 2.75) is 0 Å². The van der Waals surface area contributed by atoms with Gasteiger partial charge in [0.1, 0.15) is 0 Å². The lowest BCUT2D eigenvalue weighted by Crippen LogP contribution is -2.17. The highest BCUT2D eigenvalue weighted by Crippen LogP contribution is 2.34. The summed E-state index contributed by atoms with van der Waals surface area (Å²) in [5.74, 6) is 0. The van der Waals surface area contributed by atoms with Crippen LogP contribution in [0.25, 0.3) is 12.4 Å². The Hall–Kier alpha value is -0.390. The number of nitrogens with zero attached hydrogens (tertiary/aromatic N) is 3. The quantitative estimate of drug-likeness (QED) is 0.551.